The molecule has 1 aromatic rings. The van der Waals surface area contributed by atoms with Crippen LogP contribution in [0.1, 0.15) is 44.0 Å². The van der Waals surface area contributed by atoms with E-state index in [0.29, 0.717) is 25.1 Å². The molecular formula is C19H25ClN2O5. The average Bonchev–Trinajstić information content (AvgIpc) is 2.66. The second-order valence-electron chi connectivity index (χ2n) is 5.50. The Morgan fingerprint density at radius 1 is 1.04 bits per heavy atom. The molecule has 0 spiro atoms. The molecule has 8 heteroatoms. The highest BCUT2D eigenvalue weighted by Gasteiger charge is 2.22. The maximum absolute atomic E-state index is 12.1. The van der Waals surface area contributed by atoms with E-state index >= 15 is 0 Å². The van der Waals surface area contributed by atoms with Gasteiger partial charge in [-0.1, -0.05) is 31.5 Å². The molecule has 0 heterocycles. The highest BCUT2D eigenvalue weighted by atomic mass is 35.5. The zero-order valence-electron chi connectivity index (χ0n) is 15.8. The van der Waals surface area contributed by atoms with Crippen LogP contribution in [0.25, 0.3) is 0 Å². The van der Waals surface area contributed by atoms with Gasteiger partial charge in [0, 0.05) is 12.7 Å². The Kier molecular flexibility index (Phi) is 9.96. The smallest absolute Gasteiger partial charge is 0.347 e. The lowest BCUT2D eigenvalue weighted by Crippen LogP contribution is -2.23. The molecule has 0 unspecified atom stereocenters. The fourth-order valence-electron chi connectivity index (χ4n) is 1.97. The van der Waals surface area contributed by atoms with Crippen LogP contribution in [-0.4, -0.2) is 37.6 Å². The fraction of sp³-hybridized carbons (Fsp3) is 0.421. The molecule has 0 atom stereocenters. The minimum Gasteiger partial charge on any atom is -0.462 e. The summed E-state index contributed by atoms with van der Waals surface area (Å²) in [5, 5.41) is 5.62. The first-order valence-electron chi connectivity index (χ1n) is 8.83. The van der Waals surface area contributed by atoms with E-state index in [2.05, 4.69) is 10.6 Å². The molecule has 0 aromatic heterocycles. The third-order valence-electron chi connectivity index (χ3n) is 3.27. The first-order valence-corrected chi connectivity index (χ1v) is 9.21. The molecule has 148 valence electrons. The molecule has 1 aromatic carbocycles. The number of hydrogen-bond acceptors (Lipinski definition) is 6. The number of hydrogen-bond donors (Lipinski definition) is 2. The molecular weight excluding hydrogens is 372 g/mol. The van der Waals surface area contributed by atoms with Crippen molar-refractivity contribution in [2.24, 2.45) is 0 Å². The maximum Gasteiger partial charge on any atom is 0.347 e. The molecule has 0 radical (unpaired) electrons. The van der Waals surface area contributed by atoms with E-state index in [4.69, 9.17) is 21.1 Å². The molecule has 0 saturated carbocycles. The van der Waals surface area contributed by atoms with Gasteiger partial charge in [0.25, 0.3) is 5.91 Å². The lowest BCUT2D eigenvalue weighted by molar-refractivity contribution is -0.147. The van der Waals surface area contributed by atoms with Gasteiger partial charge in [-0.3, -0.25) is 4.79 Å². The van der Waals surface area contributed by atoms with Crippen molar-refractivity contribution < 1.29 is 23.9 Å². The van der Waals surface area contributed by atoms with Crippen LogP contribution in [-0.2, 0) is 19.1 Å². The van der Waals surface area contributed by atoms with Gasteiger partial charge in [-0.25, -0.2) is 9.59 Å². The molecule has 0 bridgehead atoms. The lowest BCUT2D eigenvalue weighted by atomic mass is 10.2. The summed E-state index contributed by atoms with van der Waals surface area (Å²) in [4.78, 5) is 36.3. The van der Waals surface area contributed by atoms with Crippen molar-refractivity contribution in [3.8, 4) is 0 Å². The number of rotatable bonds is 10. The summed E-state index contributed by atoms with van der Waals surface area (Å²) in [6.07, 6.45) is 2.42. The second kappa shape index (κ2) is 12.0. The Morgan fingerprint density at radius 2 is 1.63 bits per heavy atom. The third-order valence-corrected chi connectivity index (χ3v) is 3.67. The van der Waals surface area contributed by atoms with Gasteiger partial charge in [0.05, 0.1) is 29.5 Å². The summed E-state index contributed by atoms with van der Waals surface area (Å²) in [5.74, 6) is -1.90. The van der Waals surface area contributed by atoms with Gasteiger partial charge in [0.1, 0.15) is 0 Å². The van der Waals surface area contributed by atoms with Crippen molar-refractivity contribution >= 4 is 35.1 Å². The van der Waals surface area contributed by atoms with Crippen LogP contribution in [0.5, 0.6) is 0 Å². The molecule has 2 N–H and O–H groups in total. The zero-order valence-corrected chi connectivity index (χ0v) is 16.5. The number of ether oxygens (including phenoxy) is 2. The molecule has 0 aliphatic carbocycles. The largest absolute Gasteiger partial charge is 0.462 e. The van der Waals surface area contributed by atoms with Crippen LogP contribution >= 0.6 is 11.6 Å². The van der Waals surface area contributed by atoms with E-state index in [0.717, 1.165) is 0 Å². The average molecular weight is 397 g/mol. The molecule has 0 aliphatic rings. The molecule has 0 aliphatic heterocycles. The summed E-state index contributed by atoms with van der Waals surface area (Å²) in [6, 6.07) is 4.83. The minimum atomic E-state index is -0.790. The molecule has 7 nitrogen and oxygen atoms in total. The van der Waals surface area contributed by atoms with Gasteiger partial charge in [-0.2, -0.15) is 0 Å². The highest BCUT2D eigenvalue weighted by Crippen LogP contribution is 2.26. The van der Waals surface area contributed by atoms with Crippen LogP contribution in [0.3, 0.4) is 0 Å². The summed E-state index contributed by atoms with van der Waals surface area (Å²) in [7, 11) is 0. The van der Waals surface area contributed by atoms with Crippen molar-refractivity contribution in [3.63, 3.8) is 0 Å². The number of anilines is 1. The summed E-state index contributed by atoms with van der Waals surface area (Å²) < 4.78 is 10.0. The standard InChI is InChI=1S/C19H25ClN2O5/c1-4-10-26-18(24)14(19(25)27-11-5-2)12-22-15-9-7-8-13(16(15)20)17(23)21-6-3/h7-9,12,22H,4-6,10-11H2,1-3H3,(H,21,23). The minimum absolute atomic E-state index is 0.169. The molecule has 27 heavy (non-hydrogen) atoms. The number of carbonyl (C=O) groups is 3. The monoisotopic (exact) mass is 396 g/mol. The van der Waals surface area contributed by atoms with Crippen molar-refractivity contribution in [2.75, 3.05) is 25.1 Å². The van der Waals surface area contributed by atoms with Gasteiger partial charge >= 0.3 is 11.9 Å². The fourth-order valence-corrected chi connectivity index (χ4v) is 2.24. The number of amides is 1. The Bertz CT molecular complexity index is 681. The number of carbonyl (C=O) groups excluding carboxylic acids is 3. The highest BCUT2D eigenvalue weighted by molar-refractivity contribution is 6.36. The van der Waals surface area contributed by atoms with Crippen molar-refractivity contribution in [3.05, 3.63) is 40.6 Å². The van der Waals surface area contributed by atoms with Crippen LogP contribution in [0.15, 0.2) is 30.0 Å². The maximum atomic E-state index is 12.1. The quantitative estimate of drug-likeness (QED) is 0.273. The van der Waals surface area contributed by atoms with Gasteiger partial charge in [0.2, 0.25) is 0 Å². The second-order valence-corrected chi connectivity index (χ2v) is 5.88. The van der Waals surface area contributed by atoms with Crippen molar-refractivity contribution in [1.82, 2.24) is 5.32 Å². The lowest BCUT2D eigenvalue weighted by Gasteiger charge is -2.11. The van der Waals surface area contributed by atoms with Gasteiger partial charge in [-0.15, -0.1) is 0 Å². The van der Waals surface area contributed by atoms with Crippen LogP contribution < -0.4 is 10.6 Å². The predicted octanol–water partition coefficient (Wildman–Crippen LogP) is 3.29. The van der Waals surface area contributed by atoms with Crippen LogP contribution in [0.4, 0.5) is 5.69 Å². The Hall–Kier alpha value is -2.54. The number of halogens is 1. The van der Waals surface area contributed by atoms with E-state index in [1.54, 1.807) is 25.1 Å². The van der Waals surface area contributed by atoms with E-state index in [1.807, 2.05) is 13.8 Å². The van der Waals surface area contributed by atoms with Gasteiger partial charge < -0.3 is 20.1 Å². The van der Waals surface area contributed by atoms with Crippen molar-refractivity contribution in [2.45, 2.75) is 33.6 Å². The number of esters is 2. The van der Waals surface area contributed by atoms with E-state index in [-0.39, 0.29) is 35.3 Å². The third kappa shape index (κ3) is 6.94. The van der Waals surface area contributed by atoms with E-state index in [1.165, 1.54) is 6.20 Å². The molecule has 1 rings (SSSR count). The first-order chi connectivity index (χ1) is 13.0. The Balaban J connectivity index is 3.07. The van der Waals surface area contributed by atoms with Gasteiger partial charge in [-0.05, 0) is 31.9 Å². The normalized spacial score (nSPS) is 9.93. The molecule has 1 amide bonds. The van der Waals surface area contributed by atoms with Gasteiger partial charge in [0.15, 0.2) is 5.57 Å². The molecule has 0 saturated heterocycles. The van der Waals surface area contributed by atoms with Crippen molar-refractivity contribution in [1.29, 1.82) is 0 Å². The number of benzene rings is 1. The Labute approximate surface area is 164 Å². The topological polar surface area (TPSA) is 93.7 Å². The first kappa shape index (κ1) is 22.5. The summed E-state index contributed by atoms with van der Waals surface area (Å²) in [6.45, 7) is 6.32. The zero-order chi connectivity index (χ0) is 20.2. The number of nitrogens with one attached hydrogen (secondary N) is 2. The summed E-state index contributed by atoms with van der Waals surface area (Å²) in [5.41, 5.74) is 0.362. The SMILES string of the molecule is CCCOC(=O)C(=CNc1cccc(C(=O)NCC)c1Cl)C(=O)OCCC. The van der Waals surface area contributed by atoms with Crippen LogP contribution in [0.2, 0.25) is 5.02 Å². The predicted molar refractivity (Wildman–Crippen MR) is 104 cm³/mol. The Morgan fingerprint density at radius 3 is 2.15 bits per heavy atom. The molecule has 0 fully saturated rings. The van der Waals surface area contributed by atoms with E-state index in [9.17, 15) is 14.4 Å². The van der Waals surface area contributed by atoms with E-state index < -0.39 is 11.9 Å². The summed E-state index contributed by atoms with van der Waals surface area (Å²) >= 11 is 6.26. The van der Waals surface area contributed by atoms with Crippen LogP contribution in [0, 0.1) is 0 Å².